The van der Waals surface area contributed by atoms with E-state index >= 15 is 0 Å². The second kappa shape index (κ2) is 14.0. The molecule has 0 rings (SSSR count). The maximum Gasteiger partial charge on any atom is 0.327 e. The molecule has 0 aliphatic rings. The first-order chi connectivity index (χ1) is 12.1. The summed E-state index contributed by atoms with van der Waals surface area (Å²) >= 11 is 3.95. The maximum absolute atomic E-state index is 11.8. The molecule has 0 aromatic carbocycles. The van der Waals surface area contributed by atoms with Crippen LogP contribution in [0.3, 0.4) is 0 Å². The summed E-state index contributed by atoms with van der Waals surface area (Å²) in [4.78, 5) is 45.7. The number of hydrogen-bond acceptors (Lipinski definition) is 8. The first-order valence-corrected chi connectivity index (χ1v) is 11.0. The molecule has 0 spiro atoms. The van der Waals surface area contributed by atoms with Gasteiger partial charge in [-0.05, 0) is 20.8 Å². The minimum Gasteiger partial charge on any atom is -0.480 e. The smallest absolute Gasteiger partial charge is 0.327 e. The Labute approximate surface area is 166 Å². The highest BCUT2D eigenvalue weighted by molar-refractivity contribution is 8.76. The Hall–Kier alpha value is -1.07. The zero-order valence-electron chi connectivity index (χ0n) is 15.0. The molecule has 150 valence electrons. The summed E-state index contributed by atoms with van der Waals surface area (Å²) in [5, 5.41) is 13.7. The van der Waals surface area contributed by atoms with E-state index < -0.39 is 29.1 Å². The Balaban J connectivity index is 4.02. The van der Waals surface area contributed by atoms with Gasteiger partial charge >= 0.3 is 11.9 Å². The van der Waals surface area contributed by atoms with Crippen LogP contribution in [0.1, 0.15) is 33.6 Å². The van der Waals surface area contributed by atoms with E-state index in [1.807, 2.05) is 13.8 Å². The van der Waals surface area contributed by atoms with E-state index in [9.17, 15) is 19.2 Å². The fourth-order valence-electron chi connectivity index (χ4n) is 1.53. The second-order valence-corrected chi connectivity index (χ2v) is 9.03. The Morgan fingerprint density at radius 3 is 2.12 bits per heavy atom. The Bertz CT molecular complexity index is 488. The van der Waals surface area contributed by atoms with E-state index in [4.69, 9.17) is 9.84 Å². The van der Waals surface area contributed by atoms with E-state index in [0.717, 1.165) is 0 Å². The van der Waals surface area contributed by atoms with Gasteiger partial charge in [0.15, 0.2) is 0 Å². The van der Waals surface area contributed by atoms with Crippen LogP contribution in [-0.4, -0.2) is 64.3 Å². The predicted molar refractivity (Wildman–Crippen MR) is 106 cm³/mol. The quantitative estimate of drug-likeness (QED) is 0.150. The van der Waals surface area contributed by atoms with Crippen LogP contribution in [0.5, 0.6) is 0 Å². The van der Waals surface area contributed by atoms with Gasteiger partial charge < -0.3 is 20.5 Å². The number of carbonyl (C=O) groups excluding carboxylic acids is 3. The minimum absolute atomic E-state index is 0.00712. The van der Waals surface area contributed by atoms with E-state index in [0.29, 0.717) is 5.75 Å². The first kappa shape index (κ1) is 24.9. The highest BCUT2D eigenvalue weighted by Gasteiger charge is 2.20. The average molecular weight is 427 g/mol. The van der Waals surface area contributed by atoms with Crippen LogP contribution in [0.15, 0.2) is 0 Å². The van der Waals surface area contributed by atoms with E-state index in [1.165, 1.54) is 21.6 Å². The number of ether oxygens (including phenoxy) is 1. The molecule has 11 heteroatoms. The molecule has 2 unspecified atom stereocenters. The van der Waals surface area contributed by atoms with E-state index in [1.54, 1.807) is 6.92 Å². The molecule has 0 aromatic rings. The summed E-state index contributed by atoms with van der Waals surface area (Å²) < 4.78 is 4.93. The summed E-state index contributed by atoms with van der Waals surface area (Å²) in [6.07, 6.45) is -0.0643. The Kier molecular flexibility index (Phi) is 13.5. The van der Waals surface area contributed by atoms with Crippen LogP contribution in [-0.2, 0) is 23.9 Å². The van der Waals surface area contributed by atoms with Crippen LogP contribution in [0.4, 0.5) is 0 Å². The number of esters is 1. The van der Waals surface area contributed by atoms with Gasteiger partial charge in [-0.1, -0.05) is 21.6 Å². The van der Waals surface area contributed by atoms with E-state index in [2.05, 4.69) is 23.3 Å². The van der Waals surface area contributed by atoms with Crippen LogP contribution >= 0.6 is 34.2 Å². The Morgan fingerprint density at radius 2 is 1.62 bits per heavy atom. The van der Waals surface area contributed by atoms with Crippen LogP contribution in [0.25, 0.3) is 0 Å². The average Bonchev–Trinajstić information content (AvgIpc) is 2.53. The third kappa shape index (κ3) is 13.2. The number of thiol groups is 1. The molecular formula is C15H26N2O6S3. The summed E-state index contributed by atoms with van der Waals surface area (Å²) in [7, 11) is 2.60. The molecule has 0 radical (unpaired) electrons. The van der Waals surface area contributed by atoms with Gasteiger partial charge in [0, 0.05) is 30.4 Å². The third-order valence-corrected chi connectivity index (χ3v) is 5.32. The molecule has 8 nitrogen and oxygen atoms in total. The van der Waals surface area contributed by atoms with Crippen molar-refractivity contribution in [3.05, 3.63) is 0 Å². The van der Waals surface area contributed by atoms with Gasteiger partial charge in [-0.2, -0.15) is 12.6 Å². The highest BCUT2D eigenvalue weighted by Crippen LogP contribution is 2.22. The number of carbonyl (C=O) groups is 4. The third-order valence-electron chi connectivity index (χ3n) is 2.73. The number of amides is 2. The van der Waals surface area contributed by atoms with Crippen LogP contribution in [0, 0.1) is 0 Å². The van der Waals surface area contributed by atoms with Crippen molar-refractivity contribution in [1.29, 1.82) is 0 Å². The lowest BCUT2D eigenvalue weighted by atomic mass is 10.2. The van der Waals surface area contributed by atoms with Crippen LogP contribution < -0.4 is 10.6 Å². The van der Waals surface area contributed by atoms with Gasteiger partial charge in [0.2, 0.25) is 11.8 Å². The topological polar surface area (TPSA) is 122 Å². The van der Waals surface area contributed by atoms with Crippen molar-refractivity contribution in [3.63, 3.8) is 0 Å². The molecule has 0 saturated carbocycles. The van der Waals surface area contributed by atoms with Crippen molar-refractivity contribution in [2.75, 3.05) is 18.1 Å². The van der Waals surface area contributed by atoms with Crippen molar-refractivity contribution in [1.82, 2.24) is 10.6 Å². The second-order valence-electron chi connectivity index (χ2n) is 5.63. The van der Waals surface area contributed by atoms with Crippen molar-refractivity contribution in [2.24, 2.45) is 0 Å². The molecule has 26 heavy (non-hydrogen) atoms. The maximum atomic E-state index is 11.8. The standard InChI is InChI=1S/C15H26N2O6S3/c1-9(2)16-12(18)4-5-13(19)17-11(14(20)21)8-26-25-7-6-23-15(22)10(3)24/h9-11,24H,4-8H2,1-3H3,(H,16,18)(H,17,19)(H,20,21). The highest BCUT2D eigenvalue weighted by atomic mass is 33.1. The molecule has 0 saturated heterocycles. The monoisotopic (exact) mass is 426 g/mol. The molecular weight excluding hydrogens is 400 g/mol. The van der Waals surface area contributed by atoms with Gasteiger partial charge in [-0.3, -0.25) is 14.4 Å². The largest absolute Gasteiger partial charge is 0.480 e. The lowest BCUT2D eigenvalue weighted by molar-refractivity contribution is -0.142. The number of carboxylic acids is 1. The van der Waals surface area contributed by atoms with Gasteiger partial charge in [0.1, 0.15) is 12.6 Å². The lowest BCUT2D eigenvalue weighted by Crippen LogP contribution is -2.43. The number of carboxylic acid groups (broad SMARTS) is 1. The molecule has 0 fully saturated rings. The molecule has 2 amide bonds. The summed E-state index contributed by atoms with van der Waals surface area (Å²) in [5.74, 6) is -1.65. The number of hydrogen-bond donors (Lipinski definition) is 4. The molecule has 0 bridgehead atoms. The molecule has 3 N–H and O–H groups in total. The summed E-state index contributed by atoms with van der Waals surface area (Å²) in [6, 6.07) is -1.06. The Morgan fingerprint density at radius 1 is 1.04 bits per heavy atom. The van der Waals surface area contributed by atoms with Gasteiger partial charge in [0.05, 0.1) is 5.25 Å². The van der Waals surface area contributed by atoms with E-state index in [-0.39, 0.29) is 37.2 Å². The van der Waals surface area contributed by atoms with Crippen LogP contribution in [0.2, 0.25) is 0 Å². The molecule has 0 aliphatic heterocycles. The fourth-order valence-corrected chi connectivity index (χ4v) is 3.59. The van der Waals surface area contributed by atoms with Gasteiger partial charge in [0.25, 0.3) is 0 Å². The fraction of sp³-hybridized carbons (Fsp3) is 0.733. The predicted octanol–water partition coefficient (Wildman–Crippen LogP) is 1.10. The molecule has 2 atom stereocenters. The summed E-state index contributed by atoms with van der Waals surface area (Å²) in [5.41, 5.74) is 0. The molecule has 0 aliphatic carbocycles. The van der Waals surface area contributed by atoms with Gasteiger partial charge in [-0.15, -0.1) is 0 Å². The zero-order chi connectivity index (χ0) is 20.1. The van der Waals surface area contributed by atoms with Gasteiger partial charge in [-0.25, -0.2) is 4.79 Å². The zero-order valence-corrected chi connectivity index (χ0v) is 17.5. The van der Waals surface area contributed by atoms with Crippen molar-refractivity contribution in [3.8, 4) is 0 Å². The first-order valence-electron chi connectivity index (χ1n) is 8.04. The normalized spacial score (nSPS) is 13.0. The molecule has 0 heterocycles. The minimum atomic E-state index is -1.14. The number of aliphatic carboxylic acids is 1. The van der Waals surface area contributed by atoms with Crippen molar-refractivity contribution < 1.29 is 29.0 Å². The number of nitrogens with one attached hydrogen (secondary N) is 2. The van der Waals surface area contributed by atoms with Crippen molar-refractivity contribution in [2.45, 2.75) is 50.9 Å². The van der Waals surface area contributed by atoms with Crippen molar-refractivity contribution >= 4 is 58.0 Å². The lowest BCUT2D eigenvalue weighted by Gasteiger charge is -2.14. The SMILES string of the molecule is CC(C)NC(=O)CCC(=O)NC(CSSCCOC(=O)C(C)S)C(=O)O. The molecule has 0 aromatic heterocycles. The summed E-state index contributed by atoms with van der Waals surface area (Å²) in [6.45, 7) is 5.44. The number of rotatable bonds is 13.